The number of aliphatic imine (C=N–C) groups is 1. The van der Waals surface area contributed by atoms with Crippen LogP contribution in [0.4, 0.5) is 0 Å². The lowest BCUT2D eigenvalue weighted by atomic mass is 9.35. The number of nitrogens with one attached hydrogen (secondary N) is 2. The van der Waals surface area contributed by atoms with Gasteiger partial charge < -0.3 is 30.8 Å². The number of allylic oxidation sites excluding steroid dienone is 1. The van der Waals surface area contributed by atoms with Gasteiger partial charge in [0.2, 0.25) is 0 Å². The Bertz CT molecular complexity index is 1060. The number of nitrogens with two attached hydrogens (primary N) is 1. The molecule has 1 heterocycles. The maximum Gasteiger partial charge on any atom is 0.293 e. The smallest absolute Gasteiger partial charge is 0.293 e. The van der Waals surface area contributed by atoms with Gasteiger partial charge in [-0.05, 0) is 51.0 Å². The number of quaternary nitrogens is 1. The number of likely N-dealkylation sites (tertiary alicyclic amines) is 1. The van der Waals surface area contributed by atoms with Crippen molar-refractivity contribution in [2.24, 2.45) is 44.7 Å². The van der Waals surface area contributed by atoms with Crippen molar-refractivity contribution >= 4 is 11.9 Å². The number of aliphatic carboxylic acids is 1. The molecule has 2 spiro atoms. The van der Waals surface area contributed by atoms with Gasteiger partial charge in [0.1, 0.15) is 5.60 Å². The topological polar surface area (TPSA) is 124 Å². The monoisotopic (exact) mass is 498 g/mol. The lowest BCUT2D eigenvalue weighted by Crippen LogP contribution is -3.19. The highest BCUT2D eigenvalue weighted by atomic mass is 16.5. The molecular weight excluding hydrogens is 456 g/mol. The van der Waals surface area contributed by atoms with Crippen LogP contribution < -0.4 is 21.1 Å². The van der Waals surface area contributed by atoms with Crippen molar-refractivity contribution in [2.45, 2.75) is 63.1 Å². The van der Waals surface area contributed by atoms with Crippen LogP contribution >= 0.6 is 0 Å². The van der Waals surface area contributed by atoms with Crippen molar-refractivity contribution in [2.75, 3.05) is 40.8 Å². The van der Waals surface area contributed by atoms with Gasteiger partial charge in [0.15, 0.2) is 0 Å². The van der Waals surface area contributed by atoms with Crippen molar-refractivity contribution in [3.05, 3.63) is 23.3 Å². The third kappa shape index (κ3) is 2.55. The molecule has 0 radical (unpaired) electrons. The third-order valence-electron chi connectivity index (χ3n) is 11.8. The van der Waals surface area contributed by atoms with Crippen molar-refractivity contribution in [3.63, 3.8) is 0 Å². The van der Waals surface area contributed by atoms with Gasteiger partial charge in [-0.1, -0.05) is 30.6 Å². The molecule has 4 fully saturated rings. The zero-order chi connectivity index (χ0) is 25.5. The number of rotatable bonds is 4. The number of methoxy groups -OCH3 is 1. The predicted molar refractivity (Wildman–Crippen MR) is 134 cm³/mol. The fraction of sp³-hybridized carbons (Fsp3) is 0.786. The number of carboxylic acid groups (broad SMARTS) is 1. The largest absolute Gasteiger partial charge is 0.545 e. The minimum atomic E-state index is -1.59. The summed E-state index contributed by atoms with van der Waals surface area (Å²) in [6.45, 7) is 2.54. The predicted octanol–water partition coefficient (Wildman–Crippen LogP) is -0.606. The Hall–Kier alpha value is -1.74. The standard InChI is InChI=1S/C28H42N4O4/c1-30-15-25-11-10-20-27-17-6-4-5-7-21(36-3)28(20,35)22(23(33)34)19(27)14-18(9-8-17)26(25,27)16-32(13-12-25)24(29)31-2/h10-11,17-18,20-21,30,35H,4-9,12-16H2,1-3H3,(H2,29,31)(H,33,34)/t17-,18-,20+,21+,25-,26-,27+,28-/m1/s1. The summed E-state index contributed by atoms with van der Waals surface area (Å²) in [7, 11) is 5.39. The molecule has 1 aliphatic heterocycles. The van der Waals surface area contributed by atoms with Gasteiger partial charge in [-0.15, -0.1) is 0 Å². The number of guanidine groups is 1. The van der Waals surface area contributed by atoms with E-state index in [9.17, 15) is 15.0 Å². The van der Waals surface area contributed by atoms with Gasteiger partial charge in [0.25, 0.3) is 5.96 Å². The summed E-state index contributed by atoms with van der Waals surface area (Å²) in [5, 5.41) is 29.2. The van der Waals surface area contributed by atoms with E-state index < -0.39 is 23.1 Å². The van der Waals surface area contributed by atoms with E-state index in [1.165, 1.54) is 4.90 Å². The van der Waals surface area contributed by atoms with Gasteiger partial charge >= 0.3 is 0 Å². The lowest BCUT2D eigenvalue weighted by Gasteiger charge is -2.69. The summed E-state index contributed by atoms with van der Waals surface area (Å²) >= 11 is 0. The Morgan fingerprint density at radius 2 is 2.06 bits per heavy atom. The van der Waals surface area contributed by atoms with Crippen LogP contribution in [0.25, 0.3) is 0 Å². The van der Waals surface area contributed by atoms with Crippen molar-refractivity contribution in [1.29, 1.82) is 0 Å². The number of nitrogens with zero attached hydrogens (tertiary/aromatic N) is 1. The Kier molecular flexibility index (Phi) is 5.55. The second-order valence-electron chi connectivity index (χ2n) is 12.4. The summed E-state index contributed by atoms with van der Waals surface area (Å²) in [6, 6.07) is 0. The minimum absolute atomic E-state index is 0.139. The molecule has 0 aromatic heterocycles. The SMILES string of the molecule is CN=C(N)[NH+]1CC[C@@]2(CNC)C=C[C@@H]3[C@]4(O)C(C(=O)[O-])=C5C[C@H]6CC[C@@H](CCCC[C@@H]4OC)[C@]53[C@]62C1. The number of hydrogen-bond donors (Lipinski definition) is 4. The molecule has 8 heteroatoms. The molecule has 9 atom stereocenters. The normalized spacial score (nSPS) is 49.3. The second-order valence-corrected chi connectivity index (χ2v) is 12.4. The summed E-state index contributed by atoms with van der Waals surface area (Å²) in [6.07, 6.45) is 11.5. The zero-order valence-corrected chi connectivity index (χ0v) is 21.9. The van der Waals surface area contributed by atoms with Gasteiger partial charge in [0.05, 0.1) is 25.2 Å². The highest BCUT2D eigenvalue weighted by Crippen LogP contribution is 2.83. The summed E-state index contributed by atoms with van der Waals surface area (Å²) in [5.41, 5.74) is 5.22. The maximum absolute atomic E-state index is 13.0. The molecular formula is C28H42N4O4. The van der Waals surface area contributed by atoms with Gasteiger partial charge in [0, 0.05) is 54.9 Å². The molecule has 3 bridgehead atoms. The van der Waals surface area contributed by atoms with Gasteiger partial charge in [-0.2, -0.15) is 0 Å². The number of aliphatic hydroxyl groups is 1. The van der Waals surface area contributed by atoms with Crippen LogP contribution in [0, 0.1) is 34.0 Å². The molecule has 1 saturated heterocycles. The van der Waals surface area contributed by atoms with Crippen LogP contribution in [0.2, 0.25) is 0 Å². The molecule has 198 valence electrons. The second kappa shape index (κ2) is 8.13. The molecule has 36 heavy (non-hydrogen) atoms. The molecule has 6 rings (SSSR count). The van der Waals surface area contributed by atoms with Crippen LogP contribution in [0.1, 0.15) is 51.4 Å². The fourth-order valence-electron chi connectivity index (χ4n) is 10.9. The van der Waals surface area contributed by atoms with E-state index in [2.05, 4.69) is 22.5 Å². The average Bonchev–Trinajstić information content (AvgIpc) is 3.21. The van der Waals surface area contributed by atoms with Crippen LogP contribution in [0.5, 0.6) is 0 Å². The molecule has 5 aliphatic carbocycles. The number of carboxylic acids is 1. The van der Waals surface area contributed by atoms with E-state index in [-0.39, 0.29) is 22.3 Å². The van der Waals surface area contributed by atoms with Crippen LogP contribution in [-0.4, -0.2) is 69.6 Å². The Morgan fingerprint density at radius 1 is 1.31 bits per heavy atom. The van der Waals surface area contributed by atoms with Crippen molar-refractivity contribution < 1.29 is 24.6 Å². The third-order valence-corrected chi connectivity index (χ3v) is 11.8. The molecule has 0 amide bonds. The highest BCUT2D eigenvalue weighted by Gasteiger charge is 2.84. The van der Waals surface area contributed by atoms with Gasteiger partial charge in [-0.25, -0.2) is 4.99 Å². The average molecular weight is 499 g/mol. The van der Waals surface area contributed by atoms with E-state index in [1.807, 2.05) is 7.05 Å². The molecule has 1 unspecified atom stereocenters. The Morgan fingerprint density at radius 3 is 2.75 bits per heavy atom. The first-order chi connectivity index (χ1) is 17.3. The van der Waals surface area contributed by atoms with E-state index in [1.54, 1.807) is 14.2 Å². The molecule has 3 saturated carbocycles. The van der Waals surface area contributed by atoms with Crippen LogP contribution in [0.3, 0.4) is 0 Å². The quantitative estimate of drug-likeness (QED) is 0.233. The van der Waals surface area contributed by atoms with E-state index >= 15 is 0 Å². The number of carbonyl (C=O) groups excluding carboxylic acids is 1. The van der Waals surface area contributed by atoms with E-state index in [0.717, 1.165) is 70.2 Å². The number of ether oxygens (including phenoxy) is 1. The fourth-order valence-corrected chi connectivity index (χ4v) is 10.9. The first-order valence-electron chi connectivity index (χ1n) is 13.9. The van der Waals surface area contributed by atoms with Crippen molar-refractivity contribution in [3.8, 4) is 0 Å². The first kappa shape index (κ1) is 24.6. The van der Waals surface area contributed by atoms with E-state index in [0.29, 0.717) is 24.2 Å². The number of carbonyl (C=O) groups is 1. The Labute approximate surface area is 214 Å². The van der Waals surface area contributed by atoms with Crippen molar-refractivity contribution in [1.82, 2.24) is 5.32 Å². The molecule has 6 aliphatic rings. The summed E-state index contributed by atoms with van der Waals surface area (Å²) in [4.78, 5) is 18.6. The zero-order valence-electron chi connectivity index (χ0n) is 21.9. The van der Waals surface area contributed by atoms with E-state index in [4.69, 9.17) is 10.5 Å². The highest BCUT2D eigenvalue weighted by molar-refractivity contribution is 5.91. The molecule has 5 N–H and O–H groups in total. The first-order valence-corrected chi connectivity index (χ1v) is 13.9. The lowest BCUT2D eigenvalue weighted by molar-refractivity contribution is -0.831. The number of piperidine rings is 1. The molecule has 8 nitrogen and oxygen atoms in total. The summed E-state index contributed by atoms with van der Waals surface area (Å²) in [5.74, 6) is -0.275. The van der Waals surface area contributed by atoms with Gasteiger partial charge in [-0.3, -0.25) is 4.90 Å². The van der Waals surface area contributed by atoms with Crippen LogP contribution in [0.15, 0.2) is 28.3 Å². The molecule has 0 aromatic rings. The minimum Gasteiger partial charge on any atom is -0.545 e. The van der Waals surface area contributed by atoms with Crippen LogP contribution in [-0.2, 0) is 9.53 Å². The summed E-state index contributed by atoms with van der Waals surface area (Å²) < 4.78 is 5.95. The molecule has 0 aromatic carbocycles. The number of hydrogen-bond acceptors (Lipinski definition) is 6. The maximum atomic E-state index is 13.0. The Balaban J connectivity index is 1.71.